The lowest BCUT2D eigenvalue weighted by Gasteiger charge is -2.16. The molecule has 132 valence electrons. The van der Waals surface area contributed by atoms with Gasteiger partial charge < -0.3 is 9.64 Å². The van der Waals surface area contributed by atoms with Crippen LogP contribution in [0.1, 0.15) is 0 Å². The lowest BCUT2D eigenvalue weighted by Crippen LogP contribution is -2.33. The molecule has 0 unspecified atom stereocenters. The molecule has 3 aromatic rings. The van der Waals surface area contributed by atoms with Crippen molar-refractivity contribution in [3.63, 3.8) is 0 Å². The second kappa shape index (κ2) is 6.63. The zero-order valence-electron chi connectivity index (χ0n) is 13.9. The van der Waals surface area contributed by atoms with Gasteiger partial charge in [0.25, 0.3) is 5.69 Å². The van der Waals surface area contributed by atoms with Gasteiger partial charge in [0.15, 0.2) is 0 Å². The van der Waals surface area contributed by atoms with Crippen molar-refractivity contribution < 1.29 is 14.5 Å². The lowest BCUT2D eigenvalue weighted by molar-refractivity contribution is -0.384. The summed E-state index contributed by atoms with van der Waals surface area (Å²) in [6.07, 6.45) is -0.946. The zero-order chi connectivity index (χ0) is 18.8. The third kappa shape index (κ3) is 3.09. The number of nitrogens with zero attached hydrogens (tertiary/aromatic N) is 4. The minimum absolute atomic E-state index is 0.0771. The molecular formula is C17H14N4O5. The SMILES string of the molecule is CN(C)c1nc(=O)n(C(=O)Oc2ccc([N+](=O)[O-])cc2)c2ccccc12. The van der Waals surface area contributed by atoms with Crippen molar-refractivity contribution in [2.75, 3.05) is 19.0 Å². The number of anilines is 1. The van der Waals surface area contributed by atoms with Crippen LogP contribution in [0.15, 0.2) is 53.3 Å². The average molecular weight is 354 g/mol. The molecule has 0 bridgehead atoms. The number of rotatable bonds is 3. The van der Waals surface area contributed by atoms with Crippen molar-refractivity contribution in [3.8, 4) is 5.75 Å². The van der Waals surface area contributed by atoms with Crippen molar-refractivity contribution in [2.24, 2.45) is 0 Å². The highest BCUT2D eigenvalue weighted by Crippen LogP contribution is 2.22. The van der Waals surface area contributed by atoms with Crippen LogP contribution in [0.4, 0.5) is 16.3 Å². The number of aromatic nitrogens is 2. The number of hydrogen-bond donors (Lipinski definition) is 0. The monoisotopic (exact) mass is 354 g/mol. The van der Waals surface area contributed by atoms with Gasteiger partial charge in [-0.3, -0.25) is 10.1 Å². The van der Waals surface area contributed by atoms with E-state index in [9.17, 15) is 19.7 Å². The van der Waals surface area contributed by atoms with Crippen molar-refractivity contribution in [3.05, 3.63) is 69.1 Å². The Bertz CT molecular complexity index is 1060. The summed E-state index contributed by atoms with van der Waals surface area (Å²) in [5.74, 6) is 0.512. The number of nitro benzene ring substituents is 1. The van der Waals surface area contributed by atoms with Crippen LogP contribution in [0.3, 0.4) is 0 Å². The van der Waals surface area contributed by atoms with Crippen LogP contribution in [0, 0.1) is 10.1 Å². The first-order valence-corrected chi connectivity index (χ1v) is 7.54. The summed E-state index contributed by atoms with van der Waals surface area (Å²) >= 11 is 0. The fourth-order valence-corrected chi connectivity index (χ4v) is 2.46. The molecule has 0 aliphatic heterocycles. The number of ether oxygens (including phenoxy) is 1. The molecule has 9 heteroatoms. The Morgan fingerprint density at radius 2 is 1.81 bits per heavy atom. The number of hydrogen-bond acceptors (Lipinski definition) is 7. The first-order chi connectivity index (χ1) is 12.4. The van der Waals surface area contributed by atoms with Crippen molar-refractivity contribution >= 4 is 28.5 Å². The van der Waals surface area contributed by atoms with E-state index in [0.717, 1.165) is 4.57 Å². The molecular weight excluding hydrogens is 340 g/mol. The second-order valence-corrected chi connectivity index (χ2v) is 5.58. The van der Waals surface area contributed by atoms with E-state index in [0.29, 0.717) is 16.7 Å². The second-order valence-electron chi connectivity index (χ2n) is 5.58. The van der Waals surface area contributed by atoms with E-state index < -0.39 is 16.7 Å². The van der Waals surface area contributed by atoms with Gasteiger partial charge in [0, 0.05) is 31.6 Å². The molecule has 2 aromatic carbocycles. The summed E-state index contributed by atoms with van der Waals surface area (Å²) in [6, 6.07) is 11.8. The molecule has 0 aliphatic rings. The molecule has 1 aromatic heterocycles. The van der Waals surface area contributed by atoms with Crippen LogP contribution in [-0.2, 0) is 0 Å². The Hall–Kier alpha value is -3.75. The first kappa shape index (κ1) is 17.1. The molecule has 0 radical (unpaired) electrons. The van der Waals surface area contributed by atoms with Gasteiger partial charge in [-0.2, -0.15) is 9.55 Å². The van der Waals surface area contributed by atoms with E-state index in [2.05, 4.69) is 4.98 Å². The van der Waals surface area contributed by atoms with Gasteiger partial charge in [0.1, 0.15) is 11.6 Å². The van der Waals surface area contributed by atoms with Crippen LogP contribution < -0.4 is 15.3 Å². The maximum absolute atomic E-state index is 12.5. The highest BCUT2D eigenvalue weighted by Gasteiger charge is 2.18. The van der Waals surface area contributed by atoms with Crippen molar-refractivity contribution in [1.82, 2.24) is 9.55 Å². The van der Waals surface area contributed by atoms with E-state index >= 15 is 0 Å². The summed E-state index contributed by atoms with van der Waals surface area (Å²) in [5, 5.41) is 11.3. The Morgan fingerprint density at radius 3 is 2.42 bits per heavy atom. The van der Waals surface area contributed by atoms with E-state index in [-0.39, 0.29) is 11.4 Å². The third-order valence-electron chi connectivity index (χ3n) is 3.64. The minimum Gasteiger partial charge on any atom is -0.410 e. The first-order valence-electron chi connectivity index (χ1n) is 7.54. The summed E-state index contributed by atoms with van der Waals surface area (Å²) < 4.78 is 6.00. The van der Waals surface area contributed by atoms with Crippen molar-refractivity contribution in [1.29, 1.82) is 0 Å². The largest absolute Gasteiger partial charge is 0.428 e. The van der Waals surface area contributed by atoms with Gasteiger partial charge >= 0.3 is 11.8 Å². The fourth-order valence-electron chi connectivity index (χ4n) is 2.46. The summed E-state index contributed by atoms with van der Waals surface area (Å²) in [4.78, 5) is 40.6. The number of carbonyl (C=O) groups excluding carboxylic acids is 1. The fraction of sp³-hybridized carbons (Fsp3) is 0.118. The van der Waals surface area contributed by atoms with E-state index in [4.69, 9.17) is 4.74 Å². The maximum Gasteiger partial charge on any atom is 0.428 e. The standard InChI is InChI=1S/C17H14N4O5/c1-19(2)15-13-5-3-4-6-14(13)20(16(22)18-15)17(23)26-12-9-7-11(8-10-12)21(24)25/h3-10H,1-2H3. The van der Waals surface area contributed by atoms with Crippen LogP contribution >= 0.6 is 0 Å². The molecule has 0 aliphatic carbocycles. The Morgan fingerprint density at radius 1 is 1.15 bits per heavy atom. The Labute approximate surface area is 147 Å². The molecule has 0 saturated carbocycles. The maximum atomic E-state index is 12.5. The summed E-state index contributed by atoms with van der Waals surface area (Å²) in [6.45, 7) is 0. The number of nitro groups is 1. The smallest absolute Gasteiger partial charge is 0.410 e. The molecule has 1 heterocycles. The quantitative estimate of drug-likeness (QED) is 0.525. The predicted octanol–water partition coefficient (Wildman–Crippen LogP) is 2.42. The van der Waals surface area contributed by atoms with Crippen LogP contribution in [0.25, 0.3) is 10.9 Å². The molecule has 9 nitrogen and oxygen atoms in total. The van der Waals surface area contributed by atoms with Crippen LogP contribution in [0.5, 0.6) is 5.75 Å². The number of carbonyl (C=O) groups is 1. The highest BCUT2D eigenvalue weighted by atomic mass is 16.6. The summed E-state index contributed by atoms with van der Waals surface area (Å²) in [5.41, 5.74) is -0.563. The Kier molecular flexibility index (Phi) is 4.36. The lowest BCUT2D eigenvalue weighted by atomic mass is 10.2. The highest BCUT2D eigenvalue weighted by molar-refractivity contribution is 5.94. The van der Waals surface area contributed by atoms with Gasteiger partial charge in [0.2, 0.25) is 0 Å². The number of benzene rings is 2. The molecule has 3 rings (SSSR count). The average Bonchev–Trinajstić information content (AvgIpc) is 2.61. The van der Waals surface area contributed by atoms with Gasteiger partial charge in [-0.25, -0.2) is 9.59 Å². The van der Waals surface area contributed by atoms with E-state index in [1.807, 2.05) is 0 Å². The normalized spacial score (nSPS) is 10.5. The topological polar surface area (TPSA) is 108 Å². The molecule has 0 atom stereocenters. The number of para-hydroxylation sites is 1. The minimum atomic E-state index is -0.946. The molecule has 0 fully saturated rings. The van der Waals surface area contributed by atoms with Crippen molar-refractivity contribution in [2.45, 2.75) is 0 Å². The number of fused-ring (bicyclic) bond motifs is 1. The molecule has 0 amide bonds. The van der Waals surface area contributed by atoms with Crippen LogP contribution in [-0.4, -0.2) is 34.7 Å². The van der Waals surface area contributed by atoms with Gasteiger partial charge in [0.05, 0.1) is 10.4 Å². The zero-order valence-corrected chi connectivity index (χ0v) is 13.9. The van der Waals surface area contributed by atoms with Gasteiger partial charge in [-0.15, -0.1) is 0 Å². The third-order valence-corrected chi connectivity index (χ3v) is 3.64. The number of non-ortho nitro benzene ring substituents is 1. The molecule has 0 N–H and O–H groups in total. The van der Waals surface area contributed by atoms with Crippen LogP contribution in [0.2, 0.25) is 0 Å². The Balaban J connectivity index is 2.03. The predicted molar refractivity (Wildman–Crippen MR) is 94.8 cm³/mol. The molecule has 0 spiro atoms. The van der Waals surface area contributed by atoms with Gasteiger partial charge in [-0.05, 0) is 24.3 Å². The summed E-state index contributed by atoms with van der Waals surface area (Å²) in [7, 11) is 3.49. The molecule has 0 saturated heterocycles. The van der Waals surface area contributed by atoms with Gasteiger partial charge in [-0.1, -0.05) is 12.1 Å². The molecule has 26 heavy (non-hydrogen) atoms. The van der Waals surface area contributed by atoms with E-state index in [1.54, 1.807) is 43.3 Å². The van der Waals surface area contributed by atoms with E-state index in [1.165, 1.54) is 24.3 Å².